The maximum Gasteiger partial charge on any atom is -0.00156 e. The lowest BCUT2D eigenvalue weighted by Gasteiger charge is -2.25. The van der Waals surface area contributed by atoms with Gasteiger partial charge in [-0.15, -0.1) is 0 Å². The van der Waals surface area contributed by atoms with E-state index in [0.717, 1.165) is 0 Å². The fourth-order valence-electron chi connectivity index (χ4n) is 2.64. The molecule has 106 valence electrons. The summed E-state index contributed by atoms with van der Waals surface area (Å²) in [5, 5.41) is 0. The minimum Gasteiger partial charge on any atom is -0.173 e. The van der Waals surface area contributed by atoms with Gasteiger partial charge in [-0.1, -0.05) is 54.1 Å². The molecule has 0 heterocycles. The third-order valence-corrected chi connectivity index (χ3v) is 6.23. The number of rotatable bonds is 3. The zero-order chi connectivity index (χ0) is 14.7. The first-order valence-electron chi connectivity index (χ1n) is 7.23. The Kier molecular flexibility index (Phi) is 4.12. The van der Waals surface area contributed by atoms with Crippen LogP contribution in [0.15, 0.2) is 93.5 Å². The van der Waals surface area contributed by atoms with E-state index in [1.807, 2.05) is 0 Å². The van der Waals surface area contributed by atoms with E-state index >= 15 is 0 Å². The molecule has 0 saturated carbocycles. The Morgan fingerprint density at radius 3 is 1.62 bits per heavy atom. The van der Waals surface area contributed by atoms with Crippen LogP contribution in [0.1, 0.15) is 11.1 Å². The van der Waals surface area contributed by atoms with E-state index in [4.69, 9.17) is 0 Å². The van der Waals surface area contributed by atoms with Crippen LogP contribution in [0.3, 0.4) is 0 Å². The van der Waals surface area contributed by atoms with Crippen LogP contribution in [0.25, 0.3) is 0 Å². The van der Waals surface area contributed by atoms with Crippen molar-refractivity contribution < 1.29 is 0 Å². The molecule has 0 aliphatic heterocycles. The molecule has 0 nitrogen and oxygen atoms in total. The lowest BCUT2D eigenvalue weighted by Crippen LogP contribution is -1.91. The predicted octanol–water partition coefficient (Wildman–Crippen LogP) is 5.78. The molecule has 0 aliphatic rings. The van der Waals surface area contributed by atoms with Crippen molar-refractivity contribution in [3.8, 4) is 0 Å². The van der Waals surface area contributed by atoms with Gasteiger partial charge in [0.15, 0.2) is 0 Å². The van der Waals surface area contributed by atoms with Crippen molar-refractivity contribution in [1.82, 2.24) is 0 Å². The molecule has 0 aromatic heterocycles. The maximum absolute atomic E-state index is 2.30. The summed E-state index contributed by atoms with van der Waals surface area (Å²) in [6.07, 6.45) is 0. The third kappa shape index (κ3) is 3.03. The van der Waals surface area contributed by atoms with Crippen molar-refractivity contribution in [2.75, 3.05) is 0 Å². The highest BCUT2D eigenvalue weighted by molar-refractivity contribution is 8.17. The maximum atomic E-state index is 2.30. The SMILES string of the molecule is Cc1ccc([SH](c2ccccc2)c2ccccc2)c(C)c1. The summed E-state index contributed by atoms with van der Waals surface area (Å²) in [6.45, 7) is 4.38. The summed E-state index contributed by atoms with van der Waals surface area (Å²) in [6, 6.07) is 28.5. The fourth-order valence-corrected chi connectivity index (χ4v) is 5.07. The van der Waals surface area contributed by atoms with Crippen molar-refractivity contribution >= 4 is 10.9 Å². The zero-order valence-corrected chi connectivity index (χ0v) is 13.3. The average Bonchev–Trinajstić information content (AvgIpc) is 2.52. The molecule has 0 unspecified atom stereocenters. The van der Waals surface area contributed by atoms with Gasteiger partial charge in [-0.05, 0) is 64.4 Å². The molecular weight excluding hydrogens is 272 g/mol. The Hall–Kier alpha value is -1.99. The third-order valence-electron chi connectivity index (χ3n) is 3.62. The Balaban J connectivity index is 2.17. The summed E-state index contributed by atoms with van der Waals surface area (Å²) in [7, 11) is -0.479. The molecule has 0 bridgehead atoms. The lowest BCUT2D eigenvalue weighted by molar-refractivity contribution is 1.23. The molecule has 0 aliphatic carbocycles. The quantitative estimate of drug-likeness (QED) is 0.581. The molecule has 0 saturated heterocycles. The van der Waals surface area contributed by atoms with Gasteiger partial charge >= 0.3 is 0 Å². The average molecular weight is 292 g/mol. The number of benzene rings is 3. The second kappa shape index (κ2) is 6.19. The summed E-state index contributed by atoms with van der Waals surface area (Å²) in [5.74, 6) is 0. The topological polar surface area (TPSA) is 0 Å². The van der Waals surface area contributed by atoms with Crippen LogP contribution in [0, 0.1) is 13.8 Å². The normalized spacial score (nSPS) is 11.2. The van der Waals surface area contributed by atoms with Crippen LogP contribution in [0.5, 0.6) is 0 Å². The van der Waals surface area contributed by atoms with Crippen molar-refractivity contribution in [1.29, 1.82) is 0 Å². The highest BCUT2D eigenvalue weighted by Crippen LogP contribution is 2.52. The largest absolute Gasteiger partial charge is 0.173 e. The molecule has 0 amide bonds. The van der Waals surface area contributed by atoms with E-state index in [1.54, 1.807) is 0 Å². The van der Waals surface area contributed by atoms with Gasteiger partial charge in [0.1, 0.15) is 0 Å². The molecule has 3 rings (SSSR count). The highest BCUT2D eigenvalue weighted by Gasteiger charge is 2.14. The Bertz CT molecular complexity index is 678. The summed E-state index contributed by atoms with van der Waals surface area (Å²) in [5.41, 5.74) is 2.71. The van der Waals surface area contributed by atoms with E-state index in [1.165, 1.54) is 25.8 Å². The zero-order valence-electron chi connectivity index (χ0n) is 12.5. The van der Waals surface area contributed by atoms with Gasteiger partial charge < -0.3 is 0 Å². The first-order chi connectivity index (χ1) is 10.3. The van der Waals surface area contributed by atoms with E-state index in [9.17, 15) is 0 Å². The number of hydrogen-bond donors (Lipinski definition) is 1. The molecule has 0 spiro atoms. The molecule has 0 fully saturated rings. The van der Waals surface area contributed by atoms with Crippen LogP contribution >= 0.6 is 10.9 Å². The molecule has 0 N–H and O–H groups in total. The van der Waals surface area contributed by atoms with Crippen LogP contribution in [0.2, 0.25) is 0 Å². The van der Waals surface area contributed by atoms with Gasteiger partial charge in [-0.2, -0.15) is 10.9 Å². The van der Waals surface area contributed by atoms with Crippen LogP contribution in [-0.4, -0.2) is 0 Å². The van der Waals surface area contributed by atoms with Gasteiger partial charge in [-0.3, -0.25) is 0 Å². The van der Waals surface area contributed by atoms with E-state index in [2.05, 4.69) is 92.7 Å². The minimum absolute atomic E-state index is 0.479. The van der Waals surface area contributed by atoms with Gasteiger partial charge in [0.2, 0.25) is 0 Å². The Morgan fingerprint density at radius 1 is 0.619 bits per heavy atom. The summed E-state index contributed by atoms with van der Waals surface area (Å²) < 4.78 is 0. The molecular formula is C20H20S. The fraction of sp³-hybridized carbons (Fsp3) is 0.100. The molecule has 0 atom stereocenters. The second-order valence-corrected chi connectivity index (χ2v) is 7.48. The van der Waals surface area contributed by atoms with Crippen LogP contribution < -0.4 is 0 Å². The van der Waals surface area contributed by atoms with Crippen molar-refractivity contribution in [2.24, 2.45) is 0 Å². The molecule has 21 heavy (non-hydrogen) atoms. The molecule has 0 radical (unpaired) electrons. The minimum atomic E-state index is -0.479. The van der Waals surface area contributed by atoms with Crippen molar-refractivity contribution in [2.45, 2.75) is 28.5 Å². The molecule has 3 aromatic rings. The standard InChI is InChI=1S/C20H20S/c1-16-13-14-20(17(2)15-16)21(18-9-5-3-6-10-18)19-11-7-4-8-12-19/h3-15,21H,1-2H3. The van der Waals surface area contributed by atoms with E-state index < -0.39 is 10.9 Å². The smallest absolute Gasteiger partial charge is 0.00156 e. The van der Waals surface area contributed by atoms with Crippen LogP contribution in [-0.2, 0) is 0 Å². The van der Waals surface area contributed by atoms with Crippen LogP contribution in [0.4, 0.5) is 0 Å². The first-order valence-corrected chi connectivity index (χ1v) is 8.57. The van der Waals surface area contributed by atoms with Crippen molar-refractivity contribution in [3.63, 3.8) is 0 Å². The van der Waals surface area contributed by atoms with E-state index in [0.29, 0.717) is 0 Å². The first kappa shape index (κ1) is 14.0. The Labute approximate surface area is 129 Å². The summed E-state index contributed by atoms with van der Waals surface area (Å²) >= 11 is 0. The molecule has 1 heteroatoms. The second-order valence-electron chi connectivity index (χ2n) is 5.30. The van der Waals surface area contributed by atoms with E-state index in [-0.39, 0.29) is 0 Å². The number of thiol groups is 1. The van der Waals surface area contributed by atoms with Gasteiger partial charge in [0.25, 0.3) is 0 Å². The number of aryl methyl sites for hydroxylation is 2. The predicted molar refractivity (Wildman–Crippen MR) is 92.6 cm³/mol. The monoisotopic (exact) mass is 292 g/mol. The number of hydrogen-bond acceptors (Lipinski definition) is 0. The van der Waals surface area contributed by atoms with Gasteiger partial charge in [0.05, 0.1) is 0 Å². The summed E-state index contributed by atoms with van der Waals surface area (Å²) in [4.78, 5) is 4.27. The highest BCUT2D eigenvalue weighted by atomic mass is 32.2. The van der Waals surface area contributed by atoms with Gasteiger partial charge in [-0.25, -0.2) is 0 Å². The molecule has 3 aromatic carbocycles. The Morgan fingerprint density at radius 2 is 1.14 bits per heavy atom. The lowest BCUT2D eigenvalue weighted by atomic mass is 10.2. The van der Waals surface area contributed by atoms with Gasteiger partial charge in [0, 0.05) is 0 Å². The van der Waals surface area contributed by atoms with Crippen molar-refractivity contribution in [3.05, 3.63) is 90.0 Å².